The normalized spacial score (nSPS) is 20.4. The average Bonchev–Trinajstić information content (AvgIpc) is 3.54. The molecule has 2 N–H and O–H groups in total. The summed E-state index contributed by atoms with van der Waals surface area (Å²) < 4.78 is 13.4. The van der Waals surface area contributed by atoms with Crippen molar-refractivity contribution in [2.45, 2.75) is 30.5 Å². The number of benzene rings is 3. The van der Waals surface area contributed by atoms with Crippen molar-refractivity contribution in [1.29, 1.82) is 0 Å². The molecule has 2 fully saturated rings. The van der Waals surface area contributed by atoms with Crippen molar-refractivity contribution < 1.29 is 28.7 Å². The molecule has 0 aliphatic carbocycles. The summed E-state index contributed by atoms with van der Waals surface area (Å²) in [6.45, 7) is 0.396. The number of nitrogens with zero attached hydrogens (tertiary/aromatic N) is 8. The van der Waals surface area contributed by atoms with E-state index in [9.17, 15) is 23.6 Å². The van der Waals surface area contributed by atoms with Crippen LogP contribution in [0.2, 0.25) is 5.02 Å². The summed E-state index contributed by atoms with van der Waals surface area (Å²) in [5, 5.41) is 18.6. The molecule has 2 aliphatic rings. The highest BCUT2D eigenvalue weighted by atomic mass is 35.5. The van der Waals surface area contributed by atoms with Crippen molar-refractivity contribution in [3.63, 3.8) is 0 Å². The molecule has 2 saturated heterocycles. The van der Waals surface area contributed by atoms with E-state index in [-0.39, 0.29) is 37.5 Å². The molecule has 230 valence electrons. The number of carboxylic acids is 1. The number of para-hydroxylation sites is 2. The Morgan fingerprint density at radius 1 is 0.867 bits per heavy atom. The van der Waals surface area contributed by atoms with Crippen LogP contribution in [0.4, 0.5) is 15.8 Å². The second-order valence-corrected chi connectivity index (χ2v) is 10.4. The topological polar surface area (TPSA) is 205 Å². The lowest BCUT2D eigenvalue weighted by molar-refractivity contribution is -0.146. The van der Waals surface area contributed by atoms with Crippen LogP contribution in [-0.4, -0.2) is 53.0 Å². The Morgan fingerprint density at radius 2 is 1.36 bits per heavy atom. The number of carbonyl (C=O) groups is 4. The van der Waals surface area contributed by atoms with E-state index >= 15 is 0 Å². The first-order chi connectivity index (χ1) is 21.6. The lowest BCUT2D eigenvalue weighted by Crippen LogP contribution is -2.50. The van der Waals surface area contributed by atoms with Crippen LogP contribution >= 0.6 is 11.6 Å². The average molecular weight is 634 g/mol. The van der Waals surface area contributed by atoms with Gasteiger partial charge in [-0.3, -0.25) is 19.2 Å². The van der Waals surface area contributed by atoms with Crippen LogP contribution in [-0.2, 0) is 25.7 Å². The first-order valence-electron chi connectivity index (χ1n) is 13.4. The van der Waals surface area contributed by atoms with E-state index in [2.05, 4.69) is 25.4 Å². The number of hydrogen-bond acceptors (Lipinski definition) is 6. The molecule has 2 heterocycles. The van der Waals surface area contributed by atoms with Crippen LogP contribution < -0.4 is 15.1 Å². The van der Waals surface area contributed by atoms with Crippen LogP contribution in [0.15, 0.2) is 89.1 Å². The van der Waals surface area contributed by atoms with E-state index in [0.717, 1.165) is 6.07 Å². The van der Waals surface area contributed by atoms with Gasteiger partial charge in [0, 0.05) is 45.9 Å². The minimum absolute atomic E-state index is 0.0277. The van der Waals surface area contributed by atoms with Gasteiger partial charge in [-0.25, -0.2) is 4.39 Å². The van der Waals surface area contributed by atoms with E-state index in [1.165, 1.54) is 21.9 Å². The number of rotatable bonds is 8. The molecule has 16 heteroatoms. The second kappa shape index (κ2) is 13.8. The molecule has 2 unspecified atom stereocenters. The standard InChI is InChI=1S/C18H15ClFN5O2.C11H10N4O3/c19-13-8-12(9-14(20)10-13)11-22-16(26)18(23-24-21)6-7-25(17(18)27)15-4-2-1-3-5-15;12-14-13-11(10(17)18)6-7-15(9(11)16)8-4-2-1-3-5-8/h1-5,8-10H,6-7,11H2,(H,22,26);1-5H,6-7H2,(H,17,18). The van der Waals surface area contributed by atoms with Crippen LogP contribution in [0.3, 0.4) is 0 Å². The zero-order valence-electron chi connectivity index (χ0n) is 23.5. The zero-order chi connectivity index (χ0) is 32.6. The largest absolute Gasteiger partial charge is 0.480 e. The number of anilines is 2. The summed E-state index contributed by atoms with van der Waals surface area (Å²) in [6, 6.07) is 21.4. The summed E-state index contributed by atoms with van der Waals surface area (Å²) in [5.74, 6) is -3.98. The highest BCUT2D eigenvalue weighted by Crippen LogP contribution is 2.33. The van der Waals surface area contributed by atoms with Gasteiger partial charge in [-0.05, 0) is 71.9 Å². The molecular weight excluding hydrogens is 609 g/mol. The number of hydrogen-bond donors (Lipinski definition) is 2. The smallest absolute Gasteiger partial charge is 0.325 e. The Balaban J connectivity index is 0.000000222. The molecule has 3 aromatic rings. The summed E-state index contributed by atoms with van der Waals surface area (Å²) in [6.07, 6.45) is 0.0145. The number of amides is 3. The van der Waals surface area contributed by atoms with Gasteiger partial charge in [-0.1, -0.05) is 58.2 Å². The monoisotopic (exact) mass is 633 g/mol. The van der Waals surface area contributed by atoms with Gasteiger partial charge in [-0.15, -0.1) is 0 Å². The molecule has 2 aliphatic heterocycles. The number of nitrogens with one attached hydrogen (secondary N) is 1. The number of azide groups is 2. The Labute approximate surface area is 260 Å². The molecular formula is C29H25ClFN9O5. The van der Waals surface area contributed by atoms with Gasteiger partial charge in [0.05, 0.1) is 0 Å². The zero-order valence-corrected chi connectivity index (χ0v) is 24.2. The van der Waals surface area contributed by atoms with Crippen LogP contribution in [0.5, 0.6) is 0 Å². The van der Waals surface area contributed by atoms with Crippen molar-refractivity contribution in [2.24, 2.45) is 10.2 Å². The fraction of sp³-hybridized carbons (Fsp3) is 0.241. The van der Waals surface area contributed by atoms with E-state index in [1.54, 1.807) is 54.6 Å². The maximum absolute atomic E-state index is 13.4. The summed E-state index contributed by atoms with van der Waals surface area (Å²) in [7, 11) is 0. The molecule has 3 aromatic carbocycles. The lowest BCUT2D eigenvalue weighted by atomic mass is 9.97. The van der Waals surface area contributed by atoms with E-state index in [0.29, 0.717) is 16.9 Å². The first kappa shape index (κ1) is 32.3. The summed E-state index contributed by atoms with van der Waals surface area (Å²) in [4.78, 5) is 56.9. The maximum Gasteiger partial charge on any atom is 0.325 e. The Hall–Kier alpha value is -5.62. The highest BCUT2D eigenvalue weighted by molar-refractivity contribution is 6.30. The Morgan fingerprint density at radius 3 is 1.84 bits per heavy atom. The number of carbonyl (C=O) groups excluding carboxylic acids is 3. The minimum atomic E-state index is -2.01. The van der Waals surface area contributed by atoms with Gasteiger partial charge < -0.3 is 20.2 Å². The van der Waals surface area contributed by atoms with Crippen molar-refractivity contribution in [3.05, 3.63) is 116 Å². The van der Waals surface area contributed by atoms with Crippen molar-refractivity contribution in [2.75, 3.05) is 22.9 Å². The maximum atomic E-state index is 13.4. The van der Waals surface area contributed by atoms with Crippen LogP contribution in [0.1, 0.15) is 18.4 Å². The van der Waals surface area contributed by atoms with E-state index in [1.807, 2.05) is 6.07 Å². The lowest BCUT2D eigenvalue weighted by Gasteiger charge is -2.22. The van der Waals surface area contributed by atoms with Gasteiger partial charge in [0.15, 0.2) is 0 Å². The molecule has 0 saturated carbocycles. The Kier molecular flexibility index (Phi) is 9.89. The fourth-order valence-electron chi connectivity index (χ4n) is 5.00. The van der Waals surface area contributed by atoms with Gasteiger partial charge in [0.25, 0.3) is 5.91 Å². The third kappa shape index (κ3) is 6.65. The van der Waals surface area contributed by atoms with Crippen LogP contribution in [0.25, 0.3) is 20.9 Å². The van der Waals surface area contributed by atoms with E-state index in [4.69, 9.17) is 27.8 Å². The molecule has 14 nitrogen and oxygen atoms in total. The third-order valence-electron chi connectivity index (χ3n) is 7.26. The Bertz CT molecular complexity index is 1690. The molecule has 0 bridgehead atoms. The number of aliphatic carboxylic acids is 1. The quantitative estimate of drug-likeness (QED) is 0.149. The fourth-order valence-corrected chi connectivity index (χ4v) is 5.24. The van der Waals surface area contributed by atoms with Crippen LogP contribution in [0, 0.1) is 5.82 Å². The van der Waals surface area contributed by atoms with E-state index < -0.39 is 40.6 Å². The van der Waals surface area contributed by atoms with Gasteiger partial charge >= 0.3 is 5.97 Å². The number of halogens is 2. The first-order valence-corrected chi connectivity index (χ1v) is 13.8. The van der Waals surface area contributed by atoms with Crippen molar-refractivity contribution in [1.82, 2.24) is 5.32 Å². The van der Waals surface area contributed by atoms with Crippen molar-refractivity contribution in [3.8, 4) is 0 Å². The molecule has 5 rings (SSSR count). The molecule has 2 atom stereocenters. The van der Waals surface area contributed by atoms with Gasteiger partial charge in [0.1, 0.15) is 5.82 Å². The van der Waals surface area contributed by atoms with Gasteiger partial charge in [-0.2, -0.15) is 0 Å². The predicted octanol–water partition coefficient (Wildman–Crippen LogP) is 5.14. The molecule has 0 radical (unpaired) electrons. The summed E-state index contributed by atoms with van der Waals surface area (Å²) in [5.41, 5.74) is 15.1. The molecule has 45 heavy (non-hydrogen) atoms. The minimum Gasteiger partial charge on any atom is -0.480 e. The SMILES string of the molecule is [N-]=[N+]=NC1(C(=O)NCc2cc(F)cc(Cl)c2)CCN(c2ccccc2)C1=O.[N-]=[N+]=NC1(C(=O)O)CCN(c2ccccc2)C1=O. The van der Waals surface area contributed by atoms with Crippen molar-refractivity contribution >= 4 is 46.7 Å². The highest BCUT2D eigenvalue weighted by Gasteiger charge is 2.54. The number of carboxylic acid groups (broad SMARTS) is 1. The summed E-state index contributed by atoms with van der Waals surface area (Å²) >= 11 is 5.80. The predicted molar refractivity (Wildman–Crippen MR) is 161 cm³/mol. The molecule has 0 spiro atoms. The second-order valence-electron chi connectivity index (χ2n) is 9.95. The molecule has 3 amide bonds. The third-order valence-corrected chi connectivity index (χ3v) is 7.48. The van der Waals surface area contributed by atoms with Gasteiger partial charge in [0.2, 0.25) is 22.9 Å². The molecule has 0 aromatic heterocycles.